The number of benzene rings is 1. The summed E-state index contributed by atoms with van der Waals surface area (Å²) >= 11 is 1.25. The molecule has 1 N–H and O–H groups in total. The number of aryl methyl sites for hydroxylation is 1. The van der Waals surface area contributed by atoms with Crippen LogP contribution >= 0.6 is 11.8 Å². The van der Waals surface area contributed by atoms with Gasteiger partial charge in [0.1, 0.15) is 11.6 Å². The average molecular weight is 437 g/mol. The molecule has 156 valence electrons. The molecule has 3 rings (SSSR count). The average Bonchev–Trinajstić information content (AvgIpc) is 3.23. The van der Waals surface area contributed by atoms with E-state index in [0.717, 1.165) is 5.56 Å². The molecule has 29 heavy (non-hydrogen) atoms. The molecule has 1 aliphatic rings. The Bertz CT molecular complexity index is 1020. The summed E-state index contributed by atoms with van der Waals surface area (Å²) in [7, 11) is -1.47. The number of sulfone groups is 1. The Kier molecular flexibility index (Phi) is 6.63. The molecule has 1 unspecified atom stereocenters. The third-order valence-corrected chi connectivity index (χ3v) is 7.35. The molecular weight excluding hydrogens is 412 g/mol. The molecule has 0 radical (unpaired) electrons. The molecule has 1 atom stereocenters. The quantitative estimate of drug-likeness (QED) is 0.501. The first kappa shape index (κ1) is 21.4. The highest BCUT2D eigenvalue weighted by Gasteiger charge is 2.33. The molecule has 1 aromatic carbocycles. The van der Waals surface area contributed by atoms with E-state index in [4.69, 9.17) is 4.74 Å². The summed E-state index contributed by atoms with van der Waals surface area (Å²) in [5.41, 5.74) is 1.62. The molecule has 1 aromatic heterocycles. The first-order valence-corrected chi connectivity index (χ1v) is 12.0. The number of carbonyl (C=O) groups is 1. The Morgan fingerprint density at radius 3 is 2.90 bits per heavy atom. The minimum atomic E-state index is -3.03. The third-order valence-electron chi connectivity index (χ3n) is 4.62. The largest absolute Gasteiger partial charge is 0.495 e. The lowest BCUT2D eigenvalue weighted by atomic mass is 10.1. The van der Waals surface area contributed by atoms with Crippen LogP contribution in [0.25, 0.3) is 0 Å². The van der Waals surface area contributed by atoms with Crippen LogP contribution in [0.4, 0.5) is 5.69 Å². The highest BCUT2D eigenvalue weighted by Crippen LogP contribution is 2.30. The number of ether oxygens (including phenoxy) is 1. The monoisotopic (exact) mass is 436 g/mol. The molecule has 0 spiro atoms. The molecule has 1 saturated heterocycles. The van der Waals surface area contributed by atoms with Gasteiger partial charge in [0.2, 0.25) is 5.91 Å². The van der Waals surface area contributed by atoms with Crippen molar-refractivity contribution in [3.8, 4) is 5.75 Å². The smallest absolute Gasteiger partial charge is 0.234 e. The van der Waals surface area contributed by atoms with Crippen molar-refractivity contribution in [1.29, 1.82) is 0 Å². The van der Waals surface area contributed by atoms with Gasteiger partial charge in [-0.15, -0.1) is 16.8 Å². The van der Waals surface area contributed by atoms with Crippen LogP contribution in [-0.2, 0) is 21.2 Å². The van der Waals surface area contributed by atoms with Crippen molar-refractivity contribution in [2.24, 2.45) is 0 Å². The number of methoxy groups -OCH3 is 1. The maximum absolute atomic E-state index is 12.4. The van der Waals surface area contributed by atoms with Gasteiger partial charge in [-0.2, -0.15) is 0 Å². The van der Waals surface area contributed by atoms with Crippen LogP contribution in [0.5, 0.6) is 5.75 Å². The predicted molar refractivity (Wildman–Crippen MR) is 113 cm³/mol. The fourth-order valence-corrected chi connectivity index (χ4v) is 5.74. The van der Waals surface area contributed by atoms with Gasteiger partial charge in [-0.3, -0.25) is 4.79 Å². The number of nitrogens with zero attached hydrogens (tertiary/aromatic N) is 3. The molecule has 1 amide bonds. The van der Waals surface area contributed by atoms with E-state index >= 15 is 0 Å². The SMILES string of the molecule is C=CCn1c(SCC(=O)Nc2cc(C)ccc2OC)nnc1C1CCS(=O)(=O)C1. The Morgan fingerprint density at radius 1 is 1.45 bits per heavy atom. The van der Waals surface area contributed by atoms with Crippen molar-refractivity contribution in [3.63, 3.8) is 0 Å². The molecule has 1 aliphatic heterocycles. The van der Waals surface area contributed by atoms with Gasteiger partial charge in [0, 0.05) is 12.5 Å². The van der Waals surface area contributed by atoms with Gasteiger partial charge >= 0.3 is 0 Å². The van der Waals surface area contributed by atoms with Crippen molar-refractivity contribution in [3.05, 3.63) is 42.2 Å². The van der Waals surface area contributed by atoms with E-state index in [1.165, 1.54) is 11.8 Å². The third kappa shape index (κ3) is 5.18. The molecule has 0 saturated carbocycles. The van der Waals surface area contributed by atoms with Crippen LogP contribution in [0.15, 0.2) is 36.0 Å². The second-order valence-corrected chi connectivity index (χ2v) is 10.1. The summed E-state index contributed by atoms with van der Waals surface area (Å²) in [5, 5.41) is 11.8. The van der Waals surface area contributed by atoms with Crippen molar-refractivity contribution in [2.45, 2.75) is 31.0 Å². The minimum absolute atomic E-state index is 0.0839. The molecule has 2 heterocycles. The van der Waals surface area contributed by atoms with E-state index in [1.807, 2.05) is 23.6 Å². The molecule has 2 aromatic rings. The first-order chi connectivity index (χ1) is 13.8. The van der Waals surface area contributed by atoms with E-state index in [0.29, 0.717) is 35.4 Å². The van der Waals surface area contributed by atoms with E-state index in [9.17, 15) is 13.2 Å². The van der Waals surface area contributed by atoms with Gasteiger partial charge in [0.05, 0.1) is 30.1 Å². The van der Waals surface area contributed by atoms with Gasteiger partial charge in [-0.25, -0.2) is 8.42 Å². The number of hydrogen-bond donors (Lipinski definition) is 1. The van der Waals surface area contributed by atoms with Crippen molar-refractivity contribution in [1.82, 2.24) is 14.8 Å². The van der Waals surface area contributed by atoms with Gasteiger partial charge in [0.25, 0.3) is 0 Å². The van der Waals surface area contributed by atoms with E-state index in [-0.39, 0.29) is 29.1 Å². The number of nitrogens with one attached hydrogen (secondary N) is 1. The predicted octanol–water partition coefficient (Wildman–Crippen LogP) is 2.41. The summed E-state index contributed by atoms with van der Waals surface area (Å²) < 4.78 is 30.7. The van der Waals surface area contributed by atoms with Crippen LogP contribution < -0.4 is 10.1 Å². The van der Waals surface area contributed by atoms with Crippen LogP contribution in [0.3, 0.4) is 0 Å². The van der Waals surface area contributed by atoms with Crippen LogP contribution in [0.1, 0.15) is 23.7 Å². The van der Waals surface area contributed by atoms with Crippen LogP contribution in [-0.4, -0.2) is 53.5 Å². The highest BCUT2D eigenvalue weighted by molar-refractivity contribution is 7.99. The van der Waals surface area contributed by atoms with Gasteiger partial charge < -0.3 is 14.6 Å². The summed E-state index contributed by atoms with van der Waals surface area (Å²) in [4.78, 5) is 12.4. The second-order valence-electron chi connectivity index (χ2n) is 6.88. The minimum Gasteiger partial charge on any atom is -0.495 e. The molecule has 10 heteroatoms. The van der Waals surface area contributed by atoms with E-state index in [1.54, 1.807) is 19.3 Å². The topological polar surface area (TPSA) is 103 Å². The number of hydrogen-bond acceptors (Lipinski definition) is 7. The maximum atomic E-state index is 12.4. The Hall–Kier alpha value is -2.33. The lowest BCUT2D eigenvalue weighted by molar-refractivity contribution is -0.113. The number of allylic oxidation sites excluding steroid dienone is 1. The fourth-order valence-electron chi connectivity index (χ4n) is 3.24. The molecule has 0 bridgehead atoms. The molecule has 1 fully saturated rings. The van der Waals surface area contributed by atoms with Crippen molar-refractivity contribution < 1.29 is 17.9 Å². The Balaban J connectivity index is 1.70. The molecule has 0 aliphatic carbocycles. The summed E-state index contributed by atoms with van der Waals surface area (Å²) in [5.74, 6) is 1.24. The maximum Gasteiger partial charge on any atom is 0.234 e. The van der Waals surface area contributed by atoms with Crippen molar-refractivity contribution >= 4 is 33.2 Å². The van der Waals surface area contributed by atoms with Crippen molar-refractivity contribution in [2.75, 3.05) is 29.7 Å². The zero-order valence-corrected chi connectivity index (χ0v) is 18.1. The lowest BCUT2D eigenvalue weighted by Gasteiger charge is -2.12. The standard InChI is InChI=1S/C19H24N4O4S2/c1-4-8-23-18(14-7-9-29(25,26)12-14)21-22-19(23)28-11-17(24)20-15-10-13(2)5-6-16(15)27-3/h4-6,10,14H,1,7-9,11-12H2,2-3H3,(H,20,24). The summed E-state index contributed by atoms with van der Waals surface area (Å²) in [6, 6.07) is 5.56. The number of carbonyl (C=O) groups excluding carboxylic acids is 1. The fraction of sp³-hybridized carbons (Fsp3) is 0.421. The lowest BCUT2D eigenvalue weighted by Crippen LogP contribution is -2.16. The molecule has 8 nitrogen and oxygen atoms in total. The number of thioether (sulfide) groups is 1. The van der Waals surface area contributed by atoms with Gasteiger partial charge in [-0.1, -0.05) is 23.9 Å². The zero-order valence-electron chi connectivity index (χ0n) is 16.4. The Morgan fingerprint density at radius 2 is 2.24 bits per heavy atom. The number of amides is 1. The van der Waals surface area contributed by atoms with Crippen LogP contribution in [0.2, 0.25) is 0 Å². The number of rotatable bonds is 8. The Labute approximate surface area is 174 Å². The highest BCUT2D eigenvalue weighted by atomic mass is 32.2. The van der Waals surface area contributed by atoms with Gasteiger partial charge in [0.15, 0.2) is 15.0 Å². The summed E-state index contributed by atoms with van der Waals surface area (Å²) in [6.07, 6.45) is 2.24. The zero-order chi connectivity index (χ0) is 21.0. The second kappa shape index (κ2) is 9.00. The first-order valence-electron chi connectivity index (χ1n) is 9.14. The normalized spacial score (nSPS) is 17.8. The molecular formula is C19H24N4O4S2. The van der Waals surface area contributed by atoms with Crippen LogP contribution in [0, 0.1) is 6.92 Å². The van der Waals surface area contributed by atoms with Gasteiger partial charge in [-0.05, 0) is 31.0 Å². The van der Waals surface area contributed by atoms with E-state index in [2.05, 4.69) is 22.1 Å². The van der Waals surface area contributed by atoms with E-state index < -0.39 is 9.84 Å². The summed E-state index contributed by atoms with van der Waals surface area (Å²) in [6.45, 7) is 6.14. The number of anilines is 1. The number of aromatic nitrogens is 3.